The fourth-order valence-corrected chi connectivity index (χ4v) is 5.96. The van der Waals surface area contributed by atoms with Crippen LogP contribution in [0.15, 0.2) is 66.9 Å². The van der Waals surface area contributed by atoms with E-state index in [1.54, 1.807) is 6.20 Å². The number of nitrogens with zero attached hydrogens (tertiary/aromatic N) is 3. The third-order valence-corrected chi connectivity index (χ3v) is 8.35. The molecule has 0 radical (unpaired) electrons. The molecule has 0 amide bonds. The van der Waals surface area contributed by atoms with Crippen LogP contribution in [0.2, 0.25) is 10.0 Å². The summed E-state index contributed by atoms with van der Waals surface area (Å²) in [6.07, 6.45) is 5.01. The molecule has 0 saturated carbocycles. The van der Waals surface area contributed by atoms with Gasteiger partial charge in [0.05, 0.1) is 28.0 Å². The van der Waals surface area contributed by atoms with Gasteiger partial charge in [-0.2, -0.15) is 0 Å². The lowest BCUT2D eigenvalue weighted by Gasteiger charge is -2.36. The van der Waals surface area contributed by atoms with E-state index < -0.39 is 0 Å². The summed E-state index contributed by atoms with van der Waals surface area (Å²) in [6, 6.07) is 19.4. The van der Waals surface area contributed by atoms with Crippen LogP contribution >= 0.6 is 23.2 Å². The van der Waals surface area contributed by atoms with Gasteiger partial charge in [0.1, 0.15) is 5.75 Å². The van der Waals surface area contributed by atoms with Crippen LogP contribution in [0.25, 0.3) is 22.0 Å². The molecule has 2 heterocycles. The fraction of sp³-hybridized carbons (Fsp3) is 0.290. The summed E-state index contributed by atoms with van der Waals surface area (Å²) in [4.78, 5) is 22.7. The Labute approximate surface area is 232 Å². The highest BCUT2D eigenvalue weighted by atomic mass is 35.5. The van der Waals surface area contributed by atoms with Crippen molar-refractivity contribution in [2.24, 2.45) is 0 Å². The quantitative estimate of drug-likeness (QED) is 0.194. The zero-order chi connectivity index (χ0) is 26.1. The van der Waals surface area contributed by atoms with Crippen LogP contribution in [0.1, 0.15) is 35.2 Å². The normalized spacial score (nSPS) is 15.1. The molecule has 0 N–H and O–H groups in total. The molecule has 38 heavy (non-hydrogen) atoms. The largest absolute Gasteiger partial charge is 0.494 e. The second-order valence-electron chi connectivity index (χ2n) is 9.91. The lowest BCUT2D eigenvalue weighted by molar-refractivity contribution is 0.103. The zero-order valence-electron chi connectivity index (χ0n) is 21.1. The van der Waals surface area contributed by atoms with Crippen molar-refractivity contribution in [3.63, 3.8) is 0 Å². The van der Waals surface area contributed by atoms with Gasteiger partial charge in [0.15, 0.2) is 5.78 Å². The van der Waals surface area contributed by atoms with Gasteiger partial charge in [0, 0.05) is 54.5 Å². The predicted molar refractivity (Wildman–Crippen MR) is 155 cm³/mol. The number of aromatic nitrogens is 1. The summed E-state index contributed by atoms with van der Waals surface area (Å²) in [5.74, 6) is 0.780. The number of fused-ring (bicyclic) bond motifs is 2. The Morgan fingerprint density at radius 2 is 1.66 bits per heavy atom. The average molecular weight is 546 g/mol. The Kier molecular flexibility index (Phi) is 7.24. The molecule has 7 heteroatoms. The maximum atomic E-state index is 13.2. The number of hydrogen-bond donors (Lipinski definition) is 0. The summed E-state index contributed by atoms with van der Waals surface area (Å²) in [5, 5.41) is 3.16. The maximum absolute atomic E-state index is 13.2. The van der Waals surface area contributed by atoms with Crippen LogP contribution in [0.4, 0.5) is 5.69 Å². The highest BCUT2D eigenvalue weighted by molar-refractivity contribution is 6.43. The summed E-state index contributed by atoms with van der Waals surface area (Å²) in [6.45, 7) is 5.66. The van der Waals surface area contributed by atoms with Crippen molar-refractivity contribution >= 4 is 45.4 Å². The molecule has 0 bridgehead atoms. The van der Waals surface area contributed by atoms with Crippen molar-refractivity contribution in [2.45, 2.75) is 19.3 Å². The van der Waals surface area contributed by atoms with Crippen molar-refractivity contribution < 1.29 is 9.53 Å². The highest BCUT2D eigenvalue weighted by Gasteiger charge is 2.26. The summed E-state index contributed by atoms with van der Waals surface area (Å²) >= 11 is 12.6. The Hall–Kier alpha value is -3.12. The molecule has 194 valence electrons. The molecule has 3 aromatic carbocycles. The van der Waals surface area contributed by atoms with Crippen molar-refractivity contribution in [1.29, 1.82) is 0 Å². The predicted octanol–water partition coefficient (Wildman–Crippen LogP) is 7.12. The van der Waals surface area contributed by atoms with E-state index in [9.17, 15) is 4.79 Å². The van der Waals surface area contributed by atoms with Crippen LogP contribution in [0.5, 0.6) is 5.75 Å². The number of piperazine rings is 1. The van der Waals surface area contributed by atoms with Crippen molar-refractivity contribution in [3.8, 4) is 17.0 Å². The molecule has 1 aromatic heterocycles. The lowest BCUT2D eigenvalue weighted by Crippen LogP contribution is -2.46. The smallest absolute Gasteiger partial charge is 0.194 e. The topological polar surface area (TPSA) is 45.7 Å². The van der Waals surface area contributed by atoms with Gasteiger partial charge in [-0.05, 0) is 61.5 Å². The number of ketones is 1. The number of halogens is 2. The van der Waals surface area contributed by atoms with Gasteiger partial charge < -0.3 is 9.64 Å². The zero-order valence-corrected chi connectivity index (χ0v) is 22.6. The summed E-state index contributed by atoms with van der Waals surface area (Å²) in [5.41, 5.74) is 4.18. The minimum absolute atomic E-state index is 0.0364. The molecule has 1 aliphatic heterocycles. The molecule has 1 aliphatic carbocycles. The molecule has 5 nitrogen and oxygen atoms in total. The SMILES string of the molecule is O=C1c2ccccc2-c2nccc3cc(OCCCCCN4CCN(c5cccc(Cl)c5Cl)CC4)cc1c23. The van der Waals surface area contributed by atoms with Crippen molar-refractivity contribution in [2.75, 3.05) is 44.2 Å². The van der Waals surface area contributed by atoms with Crippen LogP contribution in [-0.4, -0.2) is 55.0 Å². The Morgan fingerprint density at radius 3 is 2.50 bits per heavy atom. The molecular weight excluding hydrogens is 517 g/mol. The number of carbonyl (C=O) groups excluding carboxylic acids is 1. The second-order valence-corrected chi connectivity index (χ2v) is 10.7. The minimum atomic E-state index is 0.0364. The highest BCUT2D eigenvalue weighted by Crippen LogP contribution is 2.39. The Bertz CT molecular complexity index is 1500. The van der Waals surface area contributed by atoms with E-state index in [2.05, 4.69) is 14.8 Å². The third-order valence-electron chi connectivity index (χ3n) is 7.54. The number of carbonyl (C=O) groups is 1. The first-order valence-electron chi connectivity index (χ1n) is 13.2. The van der Waals surface area contributed by atoms with Crippen molar-refractivity contribution in [1.82, 2.24) is 9.88 Å². The van der Waals surface area contributed by atoms with E-state index in [0.717, 1.165) is 85.5 Å². The number of pyridine rings is 1. The monoisotopic (exact) mass is 545 g/mol. The number of ether oxygens (including phenoxy) is 1. The van der Waals surface area contributed by atoms with E-state index in [-0.39, 0.29) is 5.78 Å². The molecule has 0 unspecified atom stereocenters. The van der Waals surface area contributed by atoms with Crippen LogP contribution in [0.3, 0.4) is 0 Å². The van der Waals surface area contributed by atoms with Gasteiger partial charge in [-0.1, -0.05) is 53.5 Å². The Morgan fingerprint density at radius 1 is 0.842 bits per heavy atom. The van der Waals surface area contributed by atoms with Gasteiger partial charge in [0.2, 0.25) is 0 Å². The van der Waals surface area contributed by atoms with Crippen LogP contribution in [-0.2, 0) is 0 Å². The first-order chi connectivity index (χ1) is 18.6. The van der Waals surface area contributed by atoms with Crippen molar-refractivity contribution in [3.05, 3.63) is 88.0 Å². The van der Waals surface area contributed by atoms with Crippen LogP contribution in [0, 0.1) is 0 Å². The number of anilines is 1. The second kappa shape index (κ2) is 10.9. The maximum Gasteiger partial charge on any atom is 0.194 e. The standard InChI is InChI=1S/C31H29Cl2N3O2/c32-26-9-6-10-27(29(26)33)36-16-14-35(15-17-36)13-4-1-5-18-38-22-19-21-11-12-34-30-23-7-2-3-8-24(23)31(37)25(20-22)28(21)30/h2-3,6-12,19-20H,1,4-5,13-18H2. The van der Waals surface area contributed by atoms with E-state index in [1.165, 1.54) is 0 Å². The number of hydrogen-bond acceptors (Lipinski definition) is 5. The number of unbranched alkanes of at least 4 members (excludes halogenated alkanes) is 2. The molecule has 6 rings (SSSR count). The summed E-state index contributed by atoms with van der Waals surface area (Å²) in [7, 11) is 0. The lowest BCUT2D eigenvalue weighted by atomic mass is 9.85. The molecule has 2 aliphatic rings. The number of rotatable bonds is 8. The average Bonchev–Trinajstić information content (AvgIpc) is 2.95. The molecule has 1 saturated heterocycles. The fourth-order valence-electron chi connectivity index (χ4n) is 5.54. The minimum Gasteiger partial charge on any atom is -0.494 e. The van der Waals surface area contributed by atoms with Gasteiger partial charge >= 0.3 is 0 Å². The third kappa shape index (κ3) is 4.86. The van der Waals surface area contributed by atoms with E-state index in [4.69, 9.17) is 27.9 Å². The van der Waals surface area contributed by atoms with E-state index in [0.29, 0.717) is 27.8 Å². The van der Waals surface area contributed by atoms with Gasteiger partial charge in [-0.15, -0.1) is 0 Å². The molecule has 4 aromatic rings. The van der Waals surface area contributed by atoms with E-state index in [1.807, 2.05) is 60.7 Å². The Balaban J connectivity index is 0.993. The van der Waals surface area contributed by atoms with Gasteiger partial charge in [-0.25, -0.2) is 0 Å². The molecule has 0 spiro atoms. The van der Waals surface area contributed by atoms with Gasteiger partial charge in [-0.3, -0.25) is 14.7 Å². The van der Waals surface area contributed by atoms with Gasteiger partial charge in [0.25, 0.3) is 0 Å². The number of benzene rings is 3. The van der Waals surface area contributed by atoms with E-state index >= 15 is 0 Å². The first-order valence-corrected chi connectivity index (χ1v) is 14.0. The molecule has 0 atom stereocenters. The molecular formula is C31H29Cl2N3O2. The van der Waals surface area contributed by atoms with Crippen LogP contribution < -0.4 is 9.64 Å². The molecule has 1 fully saturated rings. The summed E-state index contributed by atoms with van der Waals surface area (Å²) < 4.78 is 6.12. The first kappa shape index (κ1) is 25.2.